The summed E-state index contributed by atoms with van der Waals surface area (Å²) in [5.74, 6) is 0. The molecular formula is C20H27IN2+2. The van der Waals surface area contributed by atoms with E-state index in [0.29, 0.717) is 0 Å². The number of pyridine rings is 2. The van der Waals surface area contributed by atoms with Gasteiger partial charge in [-0.1, -0.05) is 27.7 Å². The van der Waals surface area contributed by atoms with Crippen LogP contribution in [-0.2, 0) is 0 Å². The maximum atomic E-state index is 2.36. The fraction of sp³-hybridized carbons (Fsp3) is 0.200. The summed E-state index contributed by atoms with van der Waals surface area (Å²) in [4.78, 5) is 0. The third kappa shape index (κ3) is 5.75. The number of nitrogens with zero attached hydrogens (tertiary/aromatic N) is 2. The second-order valence-corrected chi connectivity index (χ2v) is 8.85. The van der Waals surface area contributed by atoms with Crippen LogP contribution < -0.4 is 5.56 Å². The molecule has 1 aromatic carbocycles. The molecule has 0 saturated carbocycles. The van der Waals surface area contributed by atoms with E-state index in [0.717, 1.165) is 0 Å². The number of rotatable bonds is 3. The van der Waals surface area contributed by atoms with Gasteiger partial charge in [0, 0.05) is 0 Å². The van der Waals surface area contributed by atoms with E-state index in [-0.39, 0.29) is 0 Å². The second kappa shape index (κ2) is 11.8. The first-order valence-electron chi connectivity index (χ1n) is 8.14. The monoisotopic (exact) mass is 422 g/mol. The molecule has 0 N–H and O–H groups in total. The van der Waals surface area contributed by atoms with E-state index in [2.05, 4.69) is 97.1 Å². The molecule has 2 nitrogen and oxygen atoms in total. The van der Waals surface area contributed by atoms with Gasteiger partial charge in [0.2, 0.25) is 0 Å². The fourth-order valence-corrected chi connectivity index (χ4v) is 6.70. The standard InChI is InChI=1S/C16H15IN2.2C2H6/c1-4-10-16(11-5-1)17(18-12-6-2-7-13-18)19-14-8-3-9-15-19;2*1-2/h1-15H;2*1-2H3/q+2;;. The third-order valence-electron chi connectivity index (χ3n) is 2.66. The molecule has 0 atom stereocenters. The van der Waals surface area contributed by atoms with Crippen molar-refractivity contribution < 1.29 is 5.56 Å². The predicted molar refractivity (Wildman–Crippen MR) is 106 cm³/mol. The molecular weight excluding hydrogens is 395 g/mol. The molecule has 0 amide bonds. The molecule has 122 valence electrons. The Labute approximate surface area is 148 Å². The molecule has 0 fully saturated rings. The Balaban J connectivity index is 0.000000615. The molecule has 0 aliphatic heterocycles. The Hall–Kier alpha value is -1.75. The van der Waals surface area contributed by atoms with Crippen molar-refractivity contribution in [3.05, 3.63) is 95.1 Å². The molecule has 2 heterocycles. The molecule has 0 spiro atoms. The van der Waals surface area contributed by atoms with Gasteiger partial charge < -0.3 is 0 Å². The molecule has 23 heavy (non-hydrogen) atoms. The van der Waals surface area contributed by atoms with Crippen molar-refractivity contribution in [2.24, 2.45) is 0 Å². The summed E-state index contributed by atoms with van der Waals surface area (Å²) in [7, 11) is 0. The van der Waals surface area contributed by atoms with Crippen LogP contribution in [0.3, 0.4) is 0 Å². The zero-order chi connectivity index (χ0) is 16.9. The molecule has 0 bridgehead atoms. The van der Waals surface area contributed by atoms with Gasteiger partial charge >= 0.3 is 121 Å². The molecule has 3 aromatic rings. The van der Waals surface area contributed by atoms with Crippen molar-refractivity contribution in [3.63, 3.8) is 0 Å². The van der Waals surface area contributed by atoms with Crippen LogP contribution in [0, 0.1) is 3.57 Å². The summed E-state index contributed by atoms with van der Waals surface area (Å²) in [5.41, 5.74) is 0. The Bertz CT molecular complexity index is 534. The third-order valence-corrected chi connectivity index (χ3v) is 7.89. The number of halogens is 1. The summed E-state index contributed by atoms with van der Waals surface area (Å²) in [6.45, 7) is 8.00. The SMILES string of the molecule is CC.CC.c1ccc(I([n+]2ccccc2)[n+]2ccccc2)cc1. The van der Waals surface area contributed by atoms with Crippen molar-refractivity contribution in [1.82, 2.24) is 0 Å². The van der Waals surface area contributed by atoms with Crippen LogP contribution in [0.4, 0.5) is 0 Å². The van der Waals surface area contributed by atoms with E-state index >= 15 is 0 Å². The summed E-state index contributed by atoms with van der Waals surface area (Å²) in [5, 5.41) is 0. The van der Waals surface area contributed by atoms with E-state index in [9.17, 15) is 0 Å². The van der Waals surface area contributed by atoms with Crippen LogP contribution >= 0.6 is 20.4 Å². The van der Waals surface area contributed by atoms with Crippen LogP contribution in [0.25, 0.3) is 0 Å². The Morgan fingerprint density at radius 2 is 0.870 bits per heavy atom. The zero-order valence-corrected chi connectivity index (χ0v) is 16.6. The molecule has 0 radical (unpaired) electrons. The van der Waals surface area contributed by atoms with E-state index in [1.807, 2.05) is 27.7 Å². The van der Waals surface area contributed by atoms with Crippen LogP contribution in [0.1, 0.15) is 27.7 Å². The molecule has 0 aliphatic carbocycles. The van der Waals surface area contributed by atoms with E-state index in [1.54, 1.807) is 0 Å². The molecule has 3 rings (SSSR count). The van der Waals surface area contributed by atoms with Crippen LogP contribution in [0.2, 0.25) is 0 Å². The van der Waals surface area contributed by atoms with Crippen LogP contribution in [0.5, 0.6) is 0 Å². The second-order valence-electron chi connectivity index (χ2n) is 3.98. The van der Waals surface area contributed by atoms with Gasteiger partial charge in [-0.05, 0) is 0 Å². The fourth-order valence-electron chi connectivity index (χ4n) is 1.82. The van der Waals surface area contributed by atoms with Crippen molar-refractivity contribution in [3.8, 4) is 0 Å². The molecule has 0 saturated heterocycles. The van der Waals surface area contributed by atoms with Gasteiger partial charge in [0.15, 0.2) is 0 Å². The van der Waals surface area contributed by atoms with Crippen molar-refractivity contribution in [2.75, 3.05) is 0 Å². The Kier molecular flexibility index (Phi) is 9.87. The van der Waals surface area contributed by atoms with Crippen LogP contribution in [0.15, 0.2) is 91.5 Å². The average Bonchev–Trinajstić information content (AvgIpc) is 2.68. The topological polar surface area (TPSA) is 7.76 Å². The first-order chi connectivity index (χ1) is 11.4. The van der Waals surface area contributed by atoms with Crippen molar-refractivity contribution in [1.29, 1.82) is 0 Å². The maximum absolute atomic E-state index is 2.36. The van der Waals surface area contributed by atoms with Crippen molar-refractivity contribution >= 4 is 20.4 Å². The average molecular weight is 422 g/mol. The van der Waals surface area contributed by atoms with E-state index in [4.69, 9.17) is 0 Å². The molecule has 3 heteroatoms. The minimum atomic E-state index is -1.68. The van der Waals surface area contributed by atoms with E-state index in [1.165, 1.54) is 3.57 Å². The minimum absolute atomic E-state index is 1.42. The first kappa shape index (κ1) is 19.3. The summed E-state index contributed by atoms with van der Waals surface area (Å²) < 4.78 is 6.14. The Morgan fingerprint density at radius 3 is 1.26 bits per heavy atom. The van der Waals surface area contributed by atoms with E-state index < -0.39 is 20.4 Å². The number of benzene rings is 1. The van der Waals surface area contributed by atoms with Gasteiger partial charge in [0.1, 0.15) is 0 Å². The van der Waals surface area contributed by atoms with Gasteiger partial charge in [0.25, 0.3) is 0 Å². The van der Waals surface area contributed by atoms with Crippen molar-refractivity contribution in [2.45, 2.75) is 27.7 Å². The van der Waals surface area contributed by atoms with Gasteiger partial charge in [-0.3, -0.25) is 0 Å². The normalized spacial score (nSPS) is 9.65. The van der Waals surface area contributed by atoms with Crippen LogP contribution in [-0.4, -0.2) is 0 Å². The predicted octanol–water partition coefficient (Wildman–Crippen LogP) is 4.92. The van der Waals surface area contributed by atoms with Gasteiger partial charge in [-0.15, -0.1) is 0 Å². The zero-order valence-electron chi connectivity index (χ0n) is 14.4. The van der Waals surface area contributed by atoms with Gasteiger partial charge in [-0.25, -0.2) is 0 Å². The molecule has 0 unspecified atom stereocenters. The van der Waals surface area contributed by atoms with Gasteiger partial charge in [0.05, 0.1) is 0 Å². The molecule has 0 aliphatic rings. The summed E-state index contributed by atoms with van der Waals surface area (Å²) in [6.07, 6.45) is 8.66. The molecule has 2 aromatic heterocycles. The van der Waals surface area contributed by atoms with Gasteiger partial charge in [-0.2, -0.15) is 0 Å². The first-order valence-corrected chi connectivity index (χ1v) is 11.1. The number of hydrogen-bond donors (Lipinski definition) is 0. The Morgan fingerprint density at radius 1 is 0.522 bits per heavy atom. The number of aromatic nitrogens is 2. The summed E-state index contributed by atoms with van der Waals surface area (Å²) in [6, 6.07) is 23.3. The quantitative estimate of drug-likeness (QED) is 0.530. The number of hydrogen-bond acceptors (Lipinski definition) is 0. The summed E-state index contributed by atoms with van der Waals surface area (Å²) >= 11 is -1.68.